The number of thiophene rings is 1. The minimum Gasteiger partial charge on any atom is -0.356 e. The number of H-pyrrole nitrogens is 1. The maximum absolute atomic E-state index is 12.2. The third kappa shape index (κ3) is 1.96. The molecular weight excluding hydrogens is 333 g/mol. The third-order valence-corrected chi connectivity index (χ3v) is 4.66. The van der Waals surface area contributed by atoms with Gasteiger partial charge < -0.3 is 4.98 Å². The molecule has 2 rings (SSSR count). The average Bonchev–Trinajstić information content (AvgIpc) is 2.78. The lowest BCUT2D eigenvalue weighted by molar-refractivity contribution is 0.103. The maximum Gasteiger partial charge on any atom is 0.210 e. The Labute approximate surface area is 112 Å². The van der Waals surface area contributed by atoms with Gasteiger partial charge in [-0.3, -0.25) is 4.79 Å². The Kier molecular flexibility index (Phi) is 3.21. The van der Waals surface area contributed by atoms with Crippen LogP contribution in [0.15, 0.2) is 11.4 Å². The smallest absolute Gasteiger partial charge is 0.210 e. The van der Waals surface area contributed by atoms with Gasteiger partial charge in [-0.15, -0.1) is 11.3 Å². The lowest BCUT2D eigenvalue weighted by Crippen LogP contribution is -2.02. The standard InChI is InChI=1S/C12H12INOS/c1-6-7(2)11(14-8(6)3)12(15)9-4-10(13)16-5-9/h4-5,14H,1-3H3. The summed E-state index contributed by atoms with van der Waals surface area (Å²) < 4.78 is 1.14. The minimum atomic E-state index is 0.0906. The fourth-order valence-corrected chi connectivity index (χ4v) is 2.97. The highest BCUT2D eigenvalue weighted by atomic mass is 127. The number of carbonyl (C=O) groups excluding carboxylic acids is 1. The average molecular weight is 345 g/mol. The van der Waals surface area contributed by atoms with Crippen LogP contribution in [0.4, 0.5) is 0 Å². The van der Waals surface area contributed by atoms with Crippen molar-refractivity contribution in [1.82, 2.24) is 4.98 Å². The Balaban J connectivity index is 2.45. The molecule has 0 aliphatic heterocycles. The lowest BCUT2D eigenvalue weighted by Gasteiger charge is -1.97. The predicted molar refractivity (Wildman–Crippen MR) is 75.5 cm³/mol. The van der Waals surface area contributed by atoms with Gasteiger partial charge in [0.1, 0.15) is 0 Å². The van der Waals surface area contributed by atoms with E-state index in [-0.39, 0.29) is 5.78 Å². The van der Waals surface area contributed by atoms with Crippen molar-refractivity contribution in [2.24, 2.45) is 0 Å². The molecule has 1 N–H and O–H groups in total. The van der Waals surface area contributed by atoms with Crippen LogP contribution in [0.5, 0.6) is 0 Å². The van der Waals surface area contributed by atoms with Crippen molar-refractivity contribution in [3.63, 3.8) is 0 Å². The highest BCUT2D eigenvalue weighted by Crippen LogP contribution is 2.23. The molecule has 2 nitrogen and oxygen atoms in total. The molecule has 0 unspecified atom stereocenters. The molecule has 0 aliphatic rings. The van der Waals surface area contributed by atoms with Crippen molar-refractivity contribution in [1.29, 1.82) is 0 Å². The molecule has 84 valence electrons. The third-order valence-electron chi connectivity index (χ3n) is 2.87. The minimum absolute atomic E-state index is 0.0906. The highest BCUT2D eigenvalue weighted by Gasteiger charge is 2.17. The molecule has 0 aromatic carbocycles. The van der Waals surface area contributed by atoms with E-state index in [0.29, 0.717) is 0 Å². The van der Waals surface area contributed by atoms with Gasteiger partial charge in [0.25, 0.3) is 0 Å². The van der Waals surface area contributed by atoms with Gasteiger partial charge in [0.15, 0.2) is 0 Å². The molecule has 2 aromatic rings. The van der Waals surface area contributed by atoms with E-state index in [9.17, 15) is 4.79 Å². The molecule has 2 heterocycles. The molecule has 4 heteroatoms. The predicted octanol–water partition coefficient (Wildman–Crippen LogP) is 3.84. The van der Waals surface area contributed by atoms with Crippen LogP contribution >= 0.6 is 33.9 Å². The number of halogens is 1. The summed E-state index contributed by atoms with van der Waals surface area (Å²) in [6.45, 7) is 6.02. The summed E-state index contributed by atoms with van der Waals surface area (Å²) in [5.74, 6) is 0.0906. The monoisotopic (exact) mass is 345 g/mol. The van der Waals surface area contributed by atoms with Gasteiger partial charge in [0.05, 0.1) is 8.58 Å². The number of aryl methyl sites for hydroxylation is 1. The molecule has 0 spiro atoms. The van der Waals surface area contributed by atoms with E-state index < -0.39 is 0 Å². The Morgan fingerprint density at radius 2 is 2.00 bits per heavy atom. The SMILES string of the molecule is Cc1[nH]c(C(=O)c2csc(I)c2)c(C)c1C. The van der Waals surface area contributed by atoms with Crippen LogP contribution in [0.1, 0.15) is 32.9 Å². The van der Waals surface area contributed by atoms with E-state index >= 15 is 0 Å². The van der Waals surface area contributed by atoms with E-state index in [0.717, 1.165) is 25.4 Å². The second-order valence-electron chi connectivity index (χ2n) is 3.84. The van der Waals surface area contributed by atoms with Crippen LogP contribution in [0.3, 0.4) is 0 Å². The summed E-state index contributed by atoms with van der Waals surface area (Å²) in [4.78, 5) is 15.4. The summed E-state index contributed by atoms with van der Waals surface area (Å²) in [6.07, 6.45) is 0. The Morgan fingerprint density at radius 3 is 2.44 bits per heavy atom. The number of hydrogen-bond donors (Lipinski definition) is 1. The van der Waals surface area contributed by atoms with Crippen LogP contribution < -0.4 is 0 Å². The van der Waals surface area contributed by atoms with Gasteiger partial charge in [-0.25, -0.2) is 0 Å². The molecule has 0 bridgehead atoms. The van der Waals surface area contributed by atoms with Gasteiger partial charge >= 0.3 is 0 Å². The first kappa shape index (κ1) is 11.9. The highest BCUT2D eigenvalue weighted by molar-refractivity contribution is 14.1. The van der Waals surface area contributed by atoms with Crippen molar-refractivity contribution in [2.75, 3.05) is 0 Å². The number of hydrogen-bond acceptors (Lipinski definition) is 2. The number of carbonyl (C=O) groups is 1. The fraction of sp³-hybridized carbons (Fsp3) is 0.250. The van der Waals surface area contributed by atoms with Crippen molar-refractivity contribution < 1.29 is 4.79 Å². The van der Waals surface area contributed by atoms with E-state index in [1.54, 1.807) is 11.3 Å². The summed E-state index contributed by atoms with van der Waals surface area (Å²) >= 11 is 3.83. The number of aromatic nitrogens is 1. The molecule has 0 radical (unpaired) electrons. The van der Waals surface area contributed by atoms with E-state index in [1.165, 1.54) is 5.56 Å². The Morgan fingerprint density at radius 1 is 1.31 bits per heavy atom. The van der Waals surface area contributed by atoms with Crippen LogP contribution in [0.25, 0.3) is 0 Å². The van der Waals surface area contributed by atoms with Gasteiger partial charge in [-0.05, 0) is 60.6 Å². The summed E-state index contributed by atoms with van der Waals surface area (Å²) in [6, 6.07) is 1.93. The topological polar surface area (TPSA) is 32.9 Å². The summed E-state index contributed by atoms with van der Waals surface area (Å²) in [7, 11) is 0. The van der Waals surface area contributed by atoms with Crippen LogP contribution in [-0.2, 0) is 0 Å². The van der Waals surface area contributed by atoms with Crippen molar-refractivity contribution >= 4 is 39.7 Å². The van der Waals surface area contributed by atoms with Gasteiger partial charge in [0, 0.05) is 16.6 Å². The van der Waals surface area contributed by atoms with Gasteiger partial charge in [-0.1, -0.05) is 0 Å². The number of ketones is 1. The number of nitrogens with one attached hydrogen (secondary N) is 1. The second kappa shape index (κ2) is 4.33. The van der Waals surface area contributed by atoms with E-state index in [2.05, 4.69) is 27.6 Å². The lowest BCUT2D eigenvalue weighted by atomic mass is 10.1. The van der Waals surface area contributed by atoms with Crippen molar-refractivity contribution in [2.45, 2.75) is 20.8 Å². The van der Waals surface area contributed by atoms with E-state index in [4.69, 9.17) is 0 Å². The largest absolute Gasteiger partial charge is 0.356 e. The molecule has 0 amide bonds. The van der Waals surface area contributed by atoms with Gasteiger partial charge in [-0.2, -0.15) is 0 Å². The van der Waals surface area contributed by atoms with Crippen molar-refractivity contribution in [3.8, 4) is 0 Å². The molecule has 2 aromatic heterocycles. The molecule has 16 heavy (non-hydrogen) atoms. The quantitative estimate of drug-likeness (QED) is 0.651. The van der Waals surface area contributed by atoms with Gasteiger partial charge in [0.2, 0.25) is 5.78 Å². The maximum atomic E-state index is 12.2. The summed E-state index contributed by atoms with van der Waals surface area (Å²) in [5, 5.41) is 1.91. The second-order valence-corrected chi connectivity index (χ2v) is 6.65. The zero-order valence-corrected chi connectivity index (χ0v) is 12.3. The van der Waals surface area contributed by atoms with Crippen LogP contribution in [0, 0.1) is 23.7 Å². The Hall–Kier alpha value is -0.620. The zero-order chi connectivity index (χ0) is 11.9. The number of rotatable bonds is 2. The van der Waals surface area contributed by atoms with E-state index in [1.807, 2.05) is 32.2 Å². The van der Waals surface area contributed by atoms with Crippen LogP contribution in [0.2, 0.25) is 0 Å². The fourth-order valence-electron chi connectivity index (χ4n) is 1.64. The normalized spacial score (nSPS) is 10.8. The molecule has 0 aliphatic carbocycles. The number of aromatic amines is 1. The molecule has 0 saturated carbocycles. The first-order chi connectivity index (χ1) is 7.50. The molecule has 0 saturated heterocycles. The van der Waals surface area contributed by atoms with Crippen molar-refractivity contribution in [3.05, 3.63) is 42.4 Å². The zero-order valence-electron chi connectivity index (χ0n) is 9.35. The summed E-state index contributed by atoms with van der Waals surface area (Å²) in [5.41, 5.74) is 4.81. The Bertz CT molecular complexity index is 553. The molecule has 0 fully saturated rings. The molecule has 0 atom stereocenters. The van der Waals surface area contributed by atoms with Crippen LogP contribution in [-0.4, -0.2) is 10.8 Å². The first-order valence-corrected chi connectivity index (χ1v) is 6.91. The first-order valence-electron chi connectivity index (χ1n) is 4.95. The molecular formula is C12H12INOS.